The second-order valence-electron chi connectivity index (χ2n) is 3.44. The van der Waals surface area contributed by atoms with Crippen molar-refractivity contribution in [2.45, 2.75) is 16.6 Å². The summed E-state index contributed by atoms with van der Waals surface area (Å²) in [5, 5.41) is 0.462. The summed E-state index contributed by atoms with van der Waals surface area (Å²) in [7, 11) is 5.80. The van der Waals surface area contributed by atoms with E-state index in [2.05, 4.69) is 40.2 Å². The normalized spacial score (nSPS) is 20.1. The number of thioether (sulfide) groups is 1. The molecule has 0 amide bonds. The first-order valence-electron chi connectivity index (χ1n) is 4.79. The Hall–Kier alpha value is -0.405. The van der Waals surface area contributed by atoms with Crippen LogP contribution >= 0.6 is 27.7 Å². The lowest BCUT2D eigenvalue weighted by molar-refractivity contribution is 1.03. The smallest absolute Gasteiger partial charge is 0.107 e. The molecule has 1 aliphatic carbocycles. The molecule has 0 spiro atoms. The van der Waals surface area contributed by atoms with Crippen molar-refractivity contribution in [2.75, 3.05) is 0 Å². The molecule has 0 saturated heterocycles. The van der Waals surface area contributed by atoms with Crippen LogP contribution in [0, 0.1) is 0 Å². The summed E-state index contributed by atoms with van der Waals surface area (Å²) < 4.78 is 1.12. The van der Waals surface area contributed by atoms with Crippen LogP contribution in [0.25, 0.3) is 0 Å². The summed E-state index contributed by atoms with van der Waals surface area (Å²) in [6, 6.07) is 8.35. The van der Waals surface area contributed by atoms with Crippen molar-refractivity contribution in [3.8, 4) is 0 Å². The van der Waals surface area contributed by atoms with E-state index in [4.69, 9.17) is 7.85 Å². The second-order valence-corrected chi connectivity index (χ2v) is 5.67. The van der Waals surface area contributed by atoms with Gasteiger partial charge in [0.1, 0.15) is 7.85 Å². The van der Waals surface area contributed by atoms with E-state index >= 15 is 0 Å². The minimum absolute atomic E-state index is 0.462. The molecule has 2 radical (unpaired) electrons. The highest BCUT2D eigenvalue weighted by Gasteiger charge is 2.09. The highest BCUT2D eigenvalue weighted by Crippen LogP contribution is 2.31. The van der Waals surface area contributed by atoms with Crippen molar-refractivity contribution < 1.29 is 0 Å². The van der Waals surface area contributed by atoms with Gasteiger partial charge < -0.3 is 0 Å². The Morgan fingerprint density at radius 3 is 3.00 bits per heavy atom. The van der Waals surface area contributed by atoms with E-state index in [0.29, 0.717) is 5.25 Å². The zero-order valence-corrected chi connectivity index (χ0v) is 10.6. The van der Waals surface area contributed by atoms with Gasteiger partial charge in [0.15, 0.2) is 0 Å². The third-order valence-electron chi connectivity index (χ3n) is 2.16. The van der Waals surface area contributed by atoms with Crippen LogP contribution in [-0.4, -0.2) is 13.1 Å². The Labute approximate surface area is 104 Å². The lowest BCUT2D eigenvalue weighted by Gasteiger charge is -2.16. The number of halogens is 1. The number of rotatable bonds is 2. The lowest BCUT2D eigenvalue weighted by Crippen LogP contribution is -2.03. The van der Waals surface area contributed by atoms with Crippen LogP contribution in [0.1, 0.15) is 6.42 Å². The predicted octanol–water partition coefficient (Wildman–Crippen LogP) is 3.92. The van der Waals surface area contributed by atoms with E-state index in [-0.39, 0.29) is 0 Å². The summed E-state index contributed by atoms with van der Waals surface area (Å²) in [6.45, 7) is 0. The van der Waals surface area contributed by atoms with Crippen molar-refractivity contribution >= 4 is 35.5 Å². The molecule has 0 heterocycles. The maximum atomic E-state index is 5.80. The fourth-order valence-corrected chi connectivity index (χ4v) is 3.17. The van der Waals surface area contributed by atoms with Crippen LogP contribution in [0.4, 0.5) is 0 Å². The molecule has 74 valence electrons. The first-order valence-corrected chi connectivity index (χ1v) is 6.46. The van der Waals surface area contributed by atoms with Gasteiger partial charge in [0.05, 0.1) is 0 Å². The van der Waals surface area contributed by atoms with Crippen LogP contribution in [-0.2, 0) is 0 Å². The van der Waals surface area contributed by atoms with Crippen LogP contribution < -0.4 is 0 Å². The van der Waals surface area contributed by atoms with Gasteiger partial charge in [-0.2, -0.15) is 0 Å². The molecule has 1 aliphatic rings. The first kappa shape index (κ1) is 11.1. The van der Waals surface area contributed by atoms with Crippen molar-refractivity contribution in [2.24, 2.45) is 0 Å². The number of benzene rings is 1. The van der Waals surface area contributed by atoms with Crippen LogP contribution in [0.15, 0.2) is 57.3 Å². The third kappa shape index (κ3) is 3.28. The van der Waals surface area contributed by atoms with Gasteiger partial charge in [0.25, 0.3) is 0 Å². The van der Waals surface area contributed by atoms with Crippen molar-refractivity contribution in [1.29, 1.82) is 0 Å². The summed E-state index contributed by atoms with van der Waals surface area (Å²) in [4.78, 5) is 1.27. The second kappa shape index (κ2) is 5.08. The van der Waals surface area contributed by atoms with Gasteiger partial charge >= 0.3 is 0 Å². The quantitative estimate of drug-likeness (QED) is 0.738. The molecule has 0 aromatic heterocycles. The largest absolute Gasteiger partial charge is 0.118 e. The van der Waals surface area contributed by atoms with Gasteiger partial charge in [-0.1, -0.05) is 40.2 Å². The molecule has 15 heavy (non-hydrogen) atoms. The Bertz CT molecular complexity index is 412. The average Bonchev–Trinajstić information content (AvgIpc) is 2.17. The number of hydrogen-bond donors (Lipinski definition) is 0. The number of hydrogen-bond acceptors (Lipinski definition) is 1. The Morgan fingerprint density at radius 1 is 1.40 bits per heavy atom. The maximum Gasteiger partial charge on any atom is 0.107 e. The van der Waals surface area contributed by atoms with Crippen molar-refractivity contribution in [1.82, 2.24) is 0 Å². The topological polar surface area (TPSA) is 0 Å². The van der Waals surface area contributed by atoms with E-state index in [1.165, 1.54) is 4.90 Å². The first-order chi connectivity index (χ1) is 7.24. The van der Waals surface area contributed by atoms with Gasteiger partial charge in [0, 0.05) is 14.6 Å². The lowest BCUT2D eigenvalue weighted by atomic mass is 9.88. The average molecular weight is 277 g/mol. The van der Waals surface area contributed by atoms with Gasteiger partial charge in [0.2, 0.25) is 0 Å². The molecule has 3 heteroatoms. The monoisotopic (exact) mass is 276 g/mol. The molecule has 1 aromatic rings. The van der Waals surface area contributed by atoms with E-state index in [9.17, 15) is 0 Å². The molecule has 1 atom stereocenters. The minimum atomic E-state index is 0.462. The van der Waals surface area contributed by atoms with Crippen molar-refractivity contribution in [3.63, 3.8) is 0 Å². The van der Waals surface area contributed by atoms with Gasteiger partial charge in [-0.05, 0) is 24.6 Å². The Morgan fingerprint density at radius 2 is 2.27 bits per heavy atom. The minimum Gasteiger partial charge on any atom is -0.118 e. The molecular weight excluding hydrogens is 267 g/mol. The molecule has 1 aromatic carbocycles. The highest BCUT2D eigenvalue weighted by atomic mass is 79.9. The maximum absolute atomic E-state index is 5.80. The summed E-state index contributed by atoms with van der Waals surface area (Å²) in [5.74, 6) is 0. The summed E-state index contributed by atoms with van der Waals surface area (Å²) in [5.41, 5.74) is 0.963. The summed E-state index contributed by atoms with van der Waals surface area (Å²) >= 11 is 5.32. The molecule has 1 unspecified atom stereocenters. The molecule has 0 fully saturated rings. The van der Waals surface area contributed by atoms with E-state index < -0.39 is 0 Å². The predicted molar refractivity (Wildman–Crippen MR) is 71.4 cm³/mol. The highest BCUT2D eigenvalue weighted by molar-refractivity contribution is 9.10. The molecule has 0 saturated carbocycles. The van der Waals surface area contributed by atoms with E-state index in [1.54, 1.807) is 0 Å². The Balaban J connectivity index is 2.04. The molecule has 0 nitrogen and oxygen atoms in total. The van der Waals surface area contributed by atoms with Gasteiger partial charge in [-0.15, -0.1) is 17.2 Å². The molecule has 0 N–H and O–H groups in total. The number of allylic oxidation sites excluding steroid dienone is 3. The van der Waals surface area contributed by atoms with Gasteiger partial charge in [-0.3, -0.25) is 0 Å². The molecule has 2 rings (SSSR count). The third-order valence-corrected chi connectivity index (χ3v) is 3.80. The van der Waals surface area contributed by atoms with Crippen LogP contribution in [0.2, 0.25) is 0 Å². The molecule has 0 bridgehead atoms. The molecule has 0 aliphatic heterocycles. The van der Waals surface area contributed by atoms with Crippen LogP contribution in [0.5, 0.6) is 0 Å². The van der Waals surface area contributed by atoms with E-state index in [0.717, 1.165) is 16.4 Å². The fourth-order valence-electron chi connectivity index (χ4n) is 1.47. The zero-order valence-electron chi connectivity index (χ0n) is 8.19. The standard InChI is InChI=1S/C12H10BBrS/c13-9-3-1-5-11(7-9)15-12-6-2-4-10(14)8-12/h1-6,8,11H,7H2. The summed E-state index contributed by atoms with van der Waals surface area (Å²) in [6.07, 6.45) is 7.14. The van der Waals surface area contributed by atoms with Crippen LogP contribution in [0.3, 0.4) is 0 Å². The van der Waals surface area contributed by atoms with Gasteiger partial charge in [-0.25, -0.2) is 0 Å². The zero-order chi connectivity index (χ0) is 10.7. The molecular formula is C12H10BBrS. The Kier molecular flexibility index (Phi) is 3.76. The SMILES string of the molecule is [B]C1=CC=CC(Sc2cccc(Br)c2)C1. The fraction of sp³-hybridized carbons (Fsp3) is 0.167. The van der Waals surface area contributed by atoms with E-state index in [1.807, 2.05) is 30.0 Å². The van der Waals surface area contributed by atoms with Crippen molar-refractivity contribution in [3.05, 3.63) is 52.4 Å².